The van der Waals surface area contributed by atoms with Gasteiger partial charge in [0.05, 0.1) is 22.0 Å². The molecule has 8 fully saturated rings. The normalized spacial score (nSPS) is 55.2. The van der Waals surface area contributed by atoms with Gasteiger partial charge in [-0.1, -0.05) is 39.8 Å². The molecule has 6 heteroatoms. The molecule has 0 heterocycles. The van der Waals surface area contributed by atoms with Crippen molar-refractivity contribution in [2.45, 2.75) is 154 Å². The number of aliphatic carboxylic acids is 2. The minimum absolute atomic E-state index is 0.107. The SMILES string of the molecule is C=C1C[C@@]23CC[C@H]4[C@@](C)(CCC[C@@]4(C)C(=O)O)[C@@H]2CC[C@]1(O)C3.C=C1C[C@@]23CC[C@H]4[C@@](C)(CCC[C@@]4(C)C(=O)O)[C@@H]2CC[C@]1(O)C3. The van der Waals surface area contributed by atoms with Crippen molar-refractivity contribution in [3.63, 3.8) is 0 Å². The molecule has 8 saturated carbocycles. The van der Waals surface area contributed by atoms with Crippen LogP contribution in [0.15, 0.2) is 24.3 Å². The van der Waals surface area contributed by atoms with Crippen molar-refractivity contribution >= 4 is 11.9 Å². The second-order valence-corrected chi connectivity index (χ2v) is 19.2. The van der Waals surface area contributed by atoms with Gasteiger partial charge in [0.1, 0.15) is 0 Å². The smallest absolute Gasteiger partial charge is 0.309 e. The quantitative estimate of drug-likeness (QED) is 0.227. The van der Waals surface area contributed by atoms with Gasteiger partial charge in [-0.3, -0.25) is 9.59 Å². The molecule has 0 aromatic rings. The second-order valence-electron chi connectivity index (χ2n) is 19.2. The van der Waals surface area contributed by atoms with Crippen molar-refractivity contribution in [3.05, 3.63) is 24.3 Å². The number of rotatable bonds is 2. The van der Waals surface area contributed by atoms with Crippen LogP contribution in [0.4, 0.5) is 0 Å². The minimum atomic E-state index is -0.634. The third kappa shape index (κ3) is 4.13. The molecular weight excluding hydrogens is 576 g/mol. The van der Waals surface area contributed by atoms with Crippen LogP contribution in [-0.2, 0) is 9.59 Å². The van der Waals surface area contributed by atoms with Crippen LogP contribution in [0.5, 0.6) is 0 Å². The molecule has 0 aromatic carbocycles. The zero-order valence-electron chi connectivity index (χ0n) is 29.1. The summed E-state index contributed by atoms with van der Waals surface area (Å²) in [5.74, 6) is 0.438. The Hall–Kier alpha value is -1.66. The summed E-state index contributed by atoms with van der Waals surface area (Å²) < 4.78 is 0. The van der Waals surface area contributed by atoms with Crippen molar-refractivity contribution in [2.24, 2.45) is 56.2 Å². The molecule has 0 aromatic heterocycles. The highest BCUT2D eigenvalue weighted by molar-refractivity contribution is 5.75. The molecule has 256 valence electrons. The molecule has 46 heavy (non-hydrogen) atoms. The Morgan fingerprint density at radius 3 is 1.26 bits per heavy atom. The summed E-state index contributed by atoms with van der Waals surface area (Å²) in [4.78, 5) is 24.1. The first-order valence-corrected chi connectivity index (χ1v) is 18.6. The van der Waals surface area contributed by atoms with E-state index in [2.05, 4.69) is 27.0 Å². The molecule has 0 aliphatic heterocycles. The van der Waals surface area contributed by atoms with Gasteiger partial charge in [-0.2, -0.15) is 0 Å². The molecule has 0 radical (unpaired) electrons. The largest absolute Gasteiger partial charge is 0.481 e. The Labute approximate surface area is 276 Å². The summed E-state index contributed by atoms with van der Waals surface area (Å²) in [5.41, 5.74) is 0.256. The first kappa shape index (κ1) is 32.9. The van der Waals surface area contributed by atoms with Crippen molar-refractivity contribution in [1.29, 1.82) is 0 Å². The first-order chi connectivity index (χ1) is 21.3. The van der Waals surface area contributed by atoms with E-state index >= 15 is 0 Å². The standard InChI is InChI=1S/2C20H30O3/c2*1-13-11-19-9-5-14-17(2,7-4-8-18(14,3)16(21)22)15(19)6-10-20(13,23)12-19/h2*14-15,23H,1,4-12H2,2-3H3,(H,21,22)/t2*14-,15-,17+,18+,19+,20-/m00/s1. The van der Waals surface area contributed by atoms with Crippen molar-refractivity contribution in [2.75, 3.05) is 0 Å². The Kier molecular flexibility index (Phi) is 7.11. The third-order valence-corrected chi connectivity index (χ3v) is 17.3. The monoisotopic (exact) mass is 636 g/mol. The Morgan fingerprint density at radius 1 is 0.565 bits per heavy atom. The van der Waals surface area contributed by atoms with Gasteiger partial charge in [0.25, 0.3) is 0 Å². The van der Waals surface area contributed by atoms with Crippen LogP contribution in [0.25, 0.3) is 0 Å². The summed E-state index contributed by atoms with van der Waals surface area (Å²) >= 11 is 0. The van der Waals surface area contributed by atoms with E-state index in [0.717, 1.165) is 127 Å². The zero-order valence-corrected chi connectivity index (χ0v) is 29.1. The van der Waals surface area contributed by atoms with Gasteiger partial charge in [-0.05, 0) is 173 Å². The first-order valence-electron chi connectivity index (χ1n) is 18.6. The van der Waals surface area contributed by atoms with E-state index in [1.54, 1.807) is 0 Å². The molecule has 8 aliphatic rings. The van der Waals surface area contributed by atoms with Gasteiger partial charge in [-0.15, -0.1) is 0 Å². The summed E-state index contributed by atoms with van der Waals surface area (Å²) in [5, 5.41) is 41.6. The summed E-state index contributed by atoms with van der Waals surface area (Å²) in [6.45, 7) is 17.1. The Morgan fingerprint density at radius 2 is 0.913 bits per heavy atom. The highest BCUT2D eigenvalue weighted by Crippen LogP contribution is 2.74. The maximum atomic E-state index is 12.0. The van der Waals surface area contributed by atoms with E-state index in [1.807, 2.05) is 13.8 Å². The van der Waals surface area contributed by atoms with E-state index < -0.39 is 34.0 Å². The van der Waals surface area contributed by atoms with Crippen LogP contribution in [0.3, 0.4) is 0 Å². The van der Waals surface area contributed by atoms with Gasteiger partial charge in [0, 0.05) is 0 Å². The van der Waals surface area contributed by atoms with E-state index in [-0.39, 0.29) is 33.5 Å². The van der Waals surface area contributed by atoms with Crippen LogP contribution in [-0.4, -0.2) is 43.6 Å². The lowest BCUT2D eigenvalue weighted by Crippen LogP contribution is -2.59. The lowest BCUT2D eigenvalue weighted by atomic mass is 9.41. The number of fused-ring (bicyclic) bond motifs is 6. The second kappa shape index (κ2) is 9.96. The summed E-state index contributed by atoms with van der Waals surface area (Å²) in [6.07, 6.45) is 17.5. The molecule has 0 saturated heterocycles. The van der Waals surface area contributed by atoms with Gasteiger partial charge in [0.2, 0.25) is 0 Å². The van der Waals surface area contributed by atoms with Crippen LogP contribution < -0.4 is 0 Å². The summed E-state index contributed by atoms with van der Waals surface area (Å²) in [6, 6.07) is 0. The molecule has 0 amide bonds. The van der Waals surface area contributed by atoms with Gasteiger partial charge in [-0.25, -0.2) is 0 Å². The topological polar surface area (TPSA) is 115 Å². The van der Waals surface area contributed by atoms with Gasteiger partial charge in [0.15, 0.2) is 0 Å². The lowest BCUT2D eigenvalue weighted by Gasteiger charge is -2.63. The van der Waals surface area contributed by atoms with E-state index in [4.69, 9.17) is 0 Å². The highest BCUT2D eigenvalue weighted by Gasteiger charge is 2.69. The average molecular weight is 637 g/mol. The number of hydrogen-bond donors (Lipinski definition) is 4. The molecule has 2 spiro atoms. The fourth-order valence-electron chi connectivity index (χ4n) is 15.2. The van der Waals surface area contributed by atoms with Crippen LogP contribution in [0.2, 0.25) is 0 Å². The highest BCUT2D eigenvalue weighted by atomic mass is 16.4. The van der Waals surface area contributed by atoms with Crippen LogP contribution >= 0.6 is 0 Å². The predicted molar refractivity (Wildman–Crippen MR) is 178 cm³/mol. The molecule has 0 unspecified atom stereocenters. The molecule has 8 rings (SSSR count). The fraction of sp³-hybridized carbons (Fsp3) is 0.850. The van der Waals surface area contributed by atoms with E-state index in [1.165, 1.54) is 0 Å². The maximum absolute atomic E-state index is 12.0. The number of carbonyl (C=O) groups is 2. The molecule has 12 atom stereocenters. The van der Waals surface area contributed by atoms with E-state index in [9.17, 15) is 30.0 Å². The van der Waals surface area contributed by atoms with Gasteiger partial charge < -0.3 is 20.4 Å². The zero-order chi connectivity index (χ0) is 33.3. The Bertz CT molecular complexity index is 1270. The number of carboxylic acids is 2. The van der Waals surface area contributed by atoms with Crippen molar-refractivity contribution in [3.8, 4) is 0 Å². The molecule has 8 aliphatic carbocycles. The molecule has 4 bridgehead atoms. The average Bonchev–Trinajstić information content (AvgIpc) is 3.26. The number of aliphatic hydroxyl groups is 2. The van der Waals surface area contributed by atoms with E-state index in [0.29, 0.717) is 11.8 Å². The molecule has 6 nitrogen and oxygen atoms in total. The third-order valence-electron chi connectivity index (χ3n) is 17.3. The Balaban J connectivity index is 0.000000147. The number of carboxylic acid groups (broad SMARTS) is 2. The van der Waals surface area contributed by atoms with Crippen molar-refractivity contribution in [1.82, 2.24) is 0 Å². The fourth-order valence-corrected chi connectivity index (χ4v) is 15.2. The number of hydrogen-bond acceptors (Lipinski definition) is 4. The molecular formula is C40H60O6. The summed E-state index contributed by atoms with van der Waals surface area (Å²) in [7, 11) is 0. The van der Waals surface area contributed by atoms with Crippen molar-refractivity contribution < 1.29 is 30.0 Å². The molecule has 4 N–H and O–H groups in total. The maximum Gasteiger partial charge on any atom is 0.309 e. The minimum Gasteiger partial charge on any atom is -0.481 e. The van der Waals surface area contributed by atoms with Crippen LogP contribution in [0.1, 0.15) is 143 Å². The predicted octanol–water partition coefficient (Wildman–Crippen LogP) is 8.31. The lowest BCUT2D eigenvalue weighted by molar-refractivity contribution is -0.186. The van der Waals surface area contributed by atoms with Crippen LogP contribution in [0, 0.1) is 56.2 Å². The van der Waals surface area contributed by atoms with Gasteiger partial charge >= 0.3 is 11.9 Å².